The van der Waals surface area contributed by atoms with Gasteiger partial charge in [-0.3, -0.25) is 0 Å². The highest BCUT2D eigenvalue weighted by molar-refractivity contribution is 5.28. The molecule has 1 aromatic rings. The molecule has 2 aliphatic rings. The van der Waals surface area contributed by atoms with Crippen molar-refractivity contribution in [2.45, 2.75) is 38.3 Å². The maximum atomic E-state index is 4.57. The first-order valence-corrected chi connectivity index (χ1v) is 6.36. The summed E-state index contributed by atoms with van der Waals surface area (Å²) in [7, 11) is 0. The summed E-state index contributed by atoms with van der Waals surface area (Å²) in [6, 6.07) is 0. The Morgan fingerprint density at radius 2 is 2.44 bits per heavy atom. The summed E-state index contributed by atoms with van der Waals surface area (Å²) < 4.78 is 2.31. The van der Waals surface area contributed by atoms with Crippen LogP contribution in [0.25, 0.3) is 0 Å². The number of nitrogens with zero attached hydrogens (tertiary/aromatic N) is 2. The van der Waals surface area contributed by atoms with E-state index in [9.17, 15) is 0 Å². The predicted molar refractivity (Wildman–Crippen MR) is 63.4 cm³/mol. The smallest absolute Gasteiger partial charge is 0.0952 e. The zero-order valence-electron chi connectivity index (χ0n) is 9.92. The fourth-order valence-corrected chi connectivity index (χ4v) is 3.16. The molecule has 1 spiro atoms. The number of piperidine rings is 1. The van der Waals surface area contributed by atoms with Gasteiger partial charge in [0.05, 0.1) is 23.3 Å². The fourth-order valence-electron chi connectivity index (χ4n) is 3.16. The molecule has 2 aliphatic heterocycles. The topological polar surface area (TPSA) is 41.9 Å². The molecule has 88 valence electrons. The normalized spacial score (nSPS) is 29.3. The Labute approximate surface area is 96.4 Å². The molecule has 0 saturated carbocycles. The van der Waals surface area contributed by atoms with Gasteiger partial charge < -0.3 is 15.2 Å². The molecular formula is C12H20N4. The standard InChI is InChI=1S/C12H20N4/c1-2-16-9-14-10-4-7-15-12(11(10)16)5-3-6-13-8-12/h9,13,15H,2-8H2,1H3. The summed E-state index contributed by atoms with van der Waals surface area (Å²) >= 11 is 0. The summed E-state index contributed by atoms with van der Waals surface area (Å²) in [6.45, 7) is 6.48. The second kappa shape index (κ2) is 3.86. The van der Waals surface area contributed by atoms with Crippen molar-refractivity contribution in [1.82, 2.24) is 20.2 Å². The zero-order valence-corrected chi connectivity index (χ0v) is 9.92. The molecule has 0 bridgehead atoms. The van der Waals surface area contributed by atoms with Crippen LogP contribution in [0.15, 0.2) is 6.33 Å². The first kappa shape index (κ1) is 10.3. The summed E-state index contributed by atoms with van der Waals surface area (Å²) in [6.07, 6.45) is 5.57. The first-order chi connectivity index (χ1) is 7.86. The molecule has 1 unspecified atom stereocenters. The molecular weight excluding hydrogens is 200 g/mol. The van der Waals surface area contributed by atoms with E-state index >= 15 is 0 Å². The molecule has 16 heavy (non-hydrogen) atoms. The van der Waals surface area contributed by atoms with Crippen LogP contribution in [0.4, 0.5) is 0 Å². The highest BCUT2D eigenvalue weighted by Gasteiger charge is 2.40. The highest BCUT2D eigenvalue weighted by Crippen LogP contribution is 2.33. The van der Waals surface area contributed by atoms with Crippen LogP contribution in [-0.4, -0.2) is 29.2 Å². The van der Waals surface area contributed by atoms with E-state index in [0.717, 1.165) is 32.6 Å². The van der Waals surface area contributed by atoms with Crippen molar-refractivity contribution in [2.24, 2.45) is 0 Å². The van der Waals surface area contributed by atoms with E-state index in [1.54, 1.807) is 0 Å². The number of nitrogens with one attached hydrogen (secondary N) is 2. The minimum absolute atomic E-state index is 0.151. The number of aryl methyl sites for hydroxylation is 1. The van der Waals surface area contributed by atoms with E-state index in [4.69, 9.17) is 0 Å². The predicted octanol–water partition coefficient (Wildman–Crippen LogP) is 0.627. The molecule has 0 amide bonds. The molecule has 3 heterocycles. The number of aromatic nitrogens is 2. The van der Waals surface area contributed by atoms with Crippen molar-refractivity contribution in [1.29, 1.82) is 0 Å². The molecule has 2 N–H and O–H groups in total. The summed E-state index contributed by atoms with van der Waals surface area (Å²) in [5.74, 6) is 0. The van der Waals surface area contributed by atoms with Gasteiger partial charge in [-0.2, -0.15) is 0 Å². The van der Waals surface area contributed by atoms with E-state index in [1.165, 1.54) is 24.2 Å². The molecule has 0 aliphatic carbocycles. The van der Waals surface area contributed by atoms with Crippen LogP contribution in [0, 0.1) is 0 Å². The van der Waals surface area contributed by atoms with Gasteiger partial charge in [0.1, 0.15) is 0 Å². The fraction of sp³-hybridized carbons (Fsp3) is 0.750. The van der Waals surface area contributed by atoms with Crippen molar-refractivity contribution in [2.75, 3.05) is 19.6 Å². The first-order valence-electron chi connectivity index (χ1n) is 6.36. The van der Waals surface area contributed by atoms with Crippen LogP contribution in [-0.2, 0) is 18.5 Å². The molecule has 0 aromatic carbocycles. The molecule has 1 fully saturated rings. The van der Waals surface area contributed by atoms with Crippen LogP contribution in [0.1, 0.15) is 31.2 Å². The quantitative estimate of drug-likeness (QED) is 0.729. The number of fused-ring (bicyclic) bond motifs is 2. The van der Waals surface area contributed by atoms with Gasteiger partial charge in [0.25, 0.3) is 0 Å². The summed E-state index contributed by atoms with van der Waals surface area (Å²) in [4.78, 5) is 4.57. The SMILES string of the molecule is CCn1cnc2c1C1(CCCNC1)NCC2. The average Bonchev–Trinajstić information content (AvgIpc) is 2.75. The van der Waals surface area contributed by atoms with Crippen LogP contribution in [0.2, 0.25) is 0 Å². The maximum Gasteiger partial charge on any atom is 0.0952 e. The van der Waals surface area contributed by atoms with E-state index in [-0.39, 0.29) is 5.54 Å². The van der Waals surface area contributed by atoms with Crippen LogP contribution in [0.5, 0.6) is 0 Å². The van der Waals surface area contributed by atoms with Gasteiger partial charge in [0, 0.05) is 26.1 Å². The molecule has 1 saturated heterocycles. The molecule has 4 heteroatoms. The Morgan fingerprint density at radius 3 is 3.19 bits per heavy atom. The lowest BCUT2D eigenvalue weighted by atomic mass is 9.82. The molecule has 4 nitrogen and oxygen atoms in total. The Balaban J connectivity index is 2.06. The lowest BCUT2D eigenvalue weighted by Crippen LogP contribution is -2.57. The maximum absolute atomic E-state index is 4.57. The van der Waals surface area contributed by atoms with Gasteiger partial charge in [0.2, 0.25) is 0 Å². The van der Waals surface area contributed by atoms with Gasteiger partial charge in [-0.1, -0.05) is 0 Å². The molecule has 1 aromatic heterocycles. The Hall–Kier alpha value is -0.870. The third-order valence-corrected chi connectivity index (χ3v) is 3.92. The summed E-state index contributed by atoms with van der Waals surface area (Å²) in [5.41, 5.74) is 2.90. The summed E-state index contributed by atoms with van der Waals surface area (Å²) in [5, 5.41) is 7.25. The van der Waals surface area contributed by atoms with Crippen molar-refractivity contribution < 1.29 is 0 Å². The highest BCUT2D eigenvalue weighted by atomic mass is 15.2. The number of imidazole rings is 1. The lowest BCUT2D eigenvalue weighted by Gasteiger charge is -2.42. The largest absolute Gasteiger partial charge is 0.333 e. The average molecular weight is 220 g/mol. The van der Waals surface area contributed by atoms with E-state index in [2.05, 4.69) is 27.1 Å². The third-order valence-electron chi connectivity index (χ3n) is 3.92. The Bertz CT molecular complexity index is 363. The van der Waals surface area contributed by atoms with Crippen LogP contribution < -0.4 is 10.6 Å². The van der Waals surface area contributed by atoms with Crippen molar-refractivity contribution in [3.05, 3.63) is 17.7 Å². The van der Waals surface area contributed by atoms with E-state index in [0.29, 0.717) is 0 Å². The van der Waals surface area contributed by atoms with E-state index < -0.39 is 0 Å². The Kier molecular flexibility index (Phi) is 2.48. The van der Waals surface area contributed by atoms with Crippen molar-refractivity contribution in [3.8, 4) is 0 Å². The van der Waals surface area contributed by atoms with Gasteiger partial charge in [-0.25, -0.2) is 4.98 Å². The van der Waals surface area contributed by atoms with Gasteiger partial charge >= 0.3 is 0 Å². The van der Waals surface area contributed by atoms with Crippen LogP contribution in [0.3, 0.4) is 0 Å². The van der Waals surface area contributed by atoms with Gasteiger partial charge in [-0.15, -0.1) is 0 Å². The second-order valence-electron chi connectivity index (χ2n) is 4.87. The zero-order chi connectivity index (χ0) is 11.0. The minimum Gasteiger partial charge on any atom is -0.333 e. The second-order valence-corrected chi connectivity index (χ2v) is 4.87. The number of rotatable bonds is 1. The van der Waals surface area contributed by atoms with Gasteiger partial charge in [-0.05, 0) is 26.3 Å². The number of hydrogen-bond donors (Lipinski definition) is 2. The van der Waals surface area contributed by atoms with E-state index in [1.807, 2.05) is 6.33 Å². The number of hydrogen-bond acceptors (Lipinski definition) is 3. The monoisotopic (exact) mass is 220 g/mol. The van der Waals surface area contributed by atoms with Gasteiger partial charge in [0.15, 0.2) is 0 Å². The molecule has 1 atom stereocenters. The molecule has 0 radical (unpaired) electrons. The minimum atomic E-state index is 0.151. The lowest BCUT2D eigenvalue weighted by molar-refractivity contribution is 0.226. The molecule has 3 rings (SSSR count). The third kappa shape index (κ3) is 1.40. The van der Waals surface area contributed by atoms with Crippen molar-refractivity contribution >= 4 is 0 Å². The van der Waals surface area contributed by atoms with Crippen LogP contribution >= 0.6 is 0 Å². The van der Waals surface area contributed by atoms with Crippen molar-refractivity contribution in [3.63, 3.8) is 0 Å². The Morgan fingerprint density at radius 1 is 1.50 bits per heavy atom.